The fourth-order valence-corrected chi connectivity index (χ4v) is 5.25. The molecule has 0 saturated heterocycles. The standard InChI is InChI=1S/C32H34N2O2/c35-31-17-5-1-13-27(31)25-11-7-9-23(19-25)21-33-29-15-3-4-16-30(29)34-22-24-10-8-12-26(20-24)28-14-2-6-18-32(28)36/h1-2,5-14,17-20,29-30,33-36H,3-4,15-16,21-22H2/t29-,30-/m1/s1. The minimum Gasteiger partial charge on any atom is -0.507 e. The molecule has 0 unspecified atom stereocenters. The molecule has 0 heterocycles. The number of phenolic OH excluding ortho intramolecular Hbond substituents is 2. The van der Waals surface area contributed by atoms with Crippen molar-refractivity contribution in [1.82, 2.24) is 10.6 Å². The molecule has 5 rings (SSSR count). The summed E-state index contributed by atoms with van der Waals surface area (Å²) >= 11 is 0. The average molecular weight is 479 g/mol. The summed E-state index contributed by atoms with van der Waals surface area (Å²) in [4.78, 5) is 0. The zero-order chi connectivity index (χ0) is 24.7. The number of nitrogens with one attached hydrogen (secondary N) is 2. The summed E-state index contributed by atoms with van der Waals surface area (Å²) in [5.74, 6) is 0.622. The van der Waals surface area contributed by atoms with Crippen LogP contribution in [0.3, 0.4) is 0 Å². The Balaban J connectivity index is 1.22. The minimum atomic E-state index is 0.311. The number of para-hydroxylation sites is 2. The van der Waals surface area contributed by atoms with E-state index >= 15 is 0 Å². The van der Waals surface area contributed by atoms with Gasteiger partial charge in [0.1, 0.15) is 11.5 Å². The largest absolute Gasteiger partial charge is 0.507 e. The van der Waals surface area contributed by atoms with E-state index < -0.39 is 0 Å². The third-order valence-corrected chi connectivity index (χ3v) is 7.19. The summed E-state index contributed by atoms with van der Waals surface area (Å²) < 4.78 is 0. The van der Waals surface area contributed by atoms with Crippen LogP contribution in [0.2, 0.25) is 0 Å². The van der Waals surface area contributed by atoms with Crippen LogP contribution in [-0.4, -0.2) is 22.3 Å². The molecule has 4 aromatic carbocycles. The first-order chi connectivity index (χ1) is 17.7. The van der Waals surface area contributed by atoms with Crippen LogP contribution in [0.25, 0.3) is 22.3 Å². The van der Waals surface area contributed by atoms with Gasteiger partial charge in [-0.2, -0.15) is 0 Å². The molecule has 1 aliphatic carbocycles. The minimum absolute atomic E-state index is 0.311. The van der Waals surface area contributed by atoms with E-state index in [4.69, 9.17) is 0 Å². The Morgan fingerprint density at radius 1 is 0.556 bits per heavy atom. The Bertz CT molecular complexity index is 1200. The van der Waals surface area contributed by atoms with E-state index in [9.17, 15) is 10.2 Å². The fourth-order valence-electron chi connectivity index (χ4n) is 5.25. The number of rotatable bonds is 8. The number of aromatic hydroxyl groups is 2. The molecule has 1 fully saturated rings. The van der Waals surface area contributed by atoms with E-state index in [-0.39, 0.29) is 0 Å². The van der Waals surface area contributed by atoms with Gasteiger partial charge in [0.15, 0.2) is 0 Å². The van der Waals surface area contributed by atoms with Crippen LogP contribution in [0.15, 0.2) is 97.1 Å². The van der Waals surface area contributed by atoms with E-state index in [1.807, 2.05) is 48.5 Å². The van der Waals surface area contributed by atoms with Gasteiger partial charge in [-0.25, -0.2) is 0 Å². The lowest BCUT2D eigenvalue weighted by Crippen LogP contribution is -2.49. The van der Waals surface area contributed by atoms with E-state index in [2.05, 4.69) is 47.0 Å². The van der Waals surface area contributed by atoms with Gasteiger partial charge in [-0.1, -0.05) is 85.6 Å². The van der Waals surface area contributed by atoms with Crippen molar-refractivity contribution in [2.45, 2.75) is 50.9 Å². The van der Waals surface area contributed by atoms with Crippen molar-refractivity contribution in [3.05, 3.63) is 108 Å². The lowest BCUT2D eigenvalue weighted by Gasteiger charge is -2.33. The van der Waals surface area contributed by atoms with E-state index in [0.29, 0.717) is 23.6 Å². The van der Waals surface area contributed by atoms with E-state index in [0.717, 1.165) is 48.2 Å². The molecule has 0 radical (unpaired) electrons. The number of phenols is 2. The third kappa shape index (κ3) is 5.78. The van der Waals surface area contributed by atoms with E-state index in [1.165, 1.54) is 24.0 Å². The fraction of sp³-hybridized carbons (Fsp3) is 0.250. The Morgan fingerprint density at radius 2 is 1.00 bits per heavy atom. The highest BCUT2D eigenvalue weighted by Gasteiger charge is 2.24. The first-order valence-corrected chi connectivity index (χ1v) is 12.9. The summed E-state index contributed by atoms with van der Waals surface area (Å²) in [6.07, 6.45) is 4.82. The Kier molecular flexibility index (Phi) is 7.65. The Hall–Kier alpha value is -3.60. The summed E-state index contributed by atoms with van der Waals surface area (Å²) in [7, 11) is 0. The van der Waals surface area contributed by atoms with Crippen molar-refractivity contribution in [3.8, 4) is 33.8 Å². The number of hydrogen-bond donors (Lipinski definition) is 4. The second-order valence-corrected chi connectivity index (χ2v) is 9.69. The van der Waals surface area contributed by atoms with Crippen LogP contribution in [0.5, 0.6) is 11.5 Å². The van der Waals surface area contributed by atoms with Crippen molar-refractivity contribution < 1.29 is 10.2 Å². The van der Waals surface area contributed by atoms with Crippen molar-refractivity contribution in [2.75, 3.05) is 0 Å². The van der Waals surface area contributed by atoms with Gasteiger partial charge >= 0.3 is 0 Å². The van der Waals surface area contributed by atoms with Crippen LogP contribution in [0.1, 0.15) is 36.8 Å². The quantitative estimate of drug-likeness (QED) is 0.230. The Morgan fingerprint density at radius 3 is 1.44 bits per heavy atom. The number of benzene rings is 4. The SMILES string of the molecule is Oc1ccccc1-c1cccc(CN[C@@H]2CCCC[C@H]2NCc2cccc(-c3ccccc3O)c2)c1. The van der Waals surface area contributed by atoms with Gasteiger partial charge in [-0.05, 0) is 59.4 Å². The molecule has 1 saturated carbocycles. The predicted molar refractivity (Wildman–Crippen MR) is 147 cm³/mol. The highest BCUT2D eigenvalue weighted by atomic mass is 16.3. The molecule has 2 atom stereocenters. The molecule has 184 valence electrons. The van der Waals surface area contributed by atoms with Gasteiger partial charge in [0.25, 0.3) is 0 Å². The summed E-state index contributed by atoms with van der Waals surface area (Å²) in [5, 5.41) is 28.1. The smallest absolute Gasteiger partial charge is 0.123 e. The Labute approximate surface area is 213 Å². The maximum atomic E-state index is 10.2. The molecule has 0 aliphatic heterocycles. The van der Waals surface area contributed by atoms with Gasteiger partial charge in [0, 0.05) is 36.3 Å². The average Bonchev–Trinajstić information content (AvgIpc) is 2.92. The molecular formula is C32H34N2O2. The second kappa shape index (κ2) is 11.4. The molecule has 4 N–H and O–H groups in total. The van der Waals surface area contributed by atoms with Crippen LogP contribution >= 0.6 is 0 Å². The molecule has 0 bridgehead atoms. The second-order valence-electron chi connectivity index (χ2n) is 9.69. The lowest BCUT2D eigenvalue weighted by atomic mass is 9.89. The molecule has 4 nitrogen and oxygen atoms in total. The zero-order valence-electron chi connectivity index (χ0n) is 20.5. The first-order valence-electron chi connectivity index (χ1n) is 12.9. The highest BCUT2D eigenvalue weighted by Crippen LogP contribution is 2.30. The van der Waals surface area contributed by atoms with Gasteiger partial charge in [0.05, 0.1) is 0 Å². The maximum absolute atomic E-state index is 10.2. The van der Waals surface area contributed by atoms with Gasteiger partial charge in [-0.3, -0.25) is 0 Å². The molecule has 4 aromatic rings. The molecule has 1 aliphatic rings. The highest BCUT2D eigenvalue weighted by molar-refractivity contribution is 5.71. The molecular weight excluding hydrogens is 444 g/mol. The van der Waals surface area contributed by atoms with Gasteiger partial charge in [0.2, 0.25) is 0 Å². The van der Waals surface area contributed by atoms with Crippen molar-refractivity contribution in [1.29, 1.82) is 0 Å². The third-order valence-electron chi connectivity index (χ3n) is 7.19. The summed E-state index contributed by atoms with van der Waals surface area (Å²) in [6.45, 7) is 1.60. The lowest BCUT2D eigenvalue weighted by molar-refractivity contribution is 0.281. The zero-order valence-corrected chi connectivity index (χ0v) is 20.5. The predicted octanol–water partition coefficient (Wildman–Crippen LogP) is 6.62. The van der Waals surface area contributed by atoms with Crippen LogP contribution in [0.4, 0.5) is 0 Å². The van der Waals surface area contributed by atoms with Gasteiger partial charge in [-0.15, -0.1) is 0 Å². The topological polar surface area (TPSA) is 64.5 Å². The molecule has 0 aromatic heterocycles. The molecule has 36 heavy (non-hydrogen) atoms. The molecule has 4 heteroatoms. The van der Waals surface area contributed by atoms with Crippen LogP contribution in [-0.2, 0) is 13.1 Å². The normalized spacial score (nSPS) is 17.7. The monoisotopic (exact) mass is 478 g/mol. The molecule has 0 spiro atoms. The van der Waals surface area contributed by atoms with E-state index in [1.54, 1.807) is 12.1 Å². The number of hydrogen-bond acceptors (Lipinski definition) is 4. The van der Waals surface area contributed by atoms with Crippen molar-refractivity contribution >= 4 is 0 Å². The maximum Gasteiger partial charge on any atom is 0.123 e. The van der Waals surface area contributed by atoms with Crippen molar-refractivity contribution in [3.63, 3.8) is 0 Å². The summed E-state index contributed by atoms with van der Waals surface area (Å²) in [5.41, 5.74) is 6.24. The van der Waals surface area contributed by atoms with Crippen molar-refractivity contribution in [2.24, 2.45) is 0 Å². The first kappa shape index (κ1) is 24.1. The summed E-state index contributed by atoms with van der Waals surface area (Å²) in [6, 6.07) is 32.6. The molecule has 0 amide bonds. The van der Waals surface area contributed by atoms with Crippen LogP contribution < -0.4 is 10.6 Å². The van der Waals surface area contributed by atoms with Gasteiger partial charge < -0.3 is 20.8 Å². The van der Waals surface area contributed by atoms with Crippen LogP contribution in [0, 0.1) is 0 Å².